The van der Waals surface area contributed by atoms with Gasteiger partial charge in [0.1, 0.15) is 6.54 Å². The molecule has 1 amide bonds. The lowest BCUT2D eigenvalue weighted by Gasteiger charge is -2.32. The summed E-state index contributed by atoms with van der Waals surface area (Å²) < 4.78 is 1.02. The van der Waals surface area contributed by atoms with E-state index in [4.69, 9.17) is 4.98 Å². The van der Waals surface area contributed by atoms with Gasteiger partial charge < -0.3 is 9.80 Å². The molecule has 0 aliphatic carbocycles. The van der Waals surface area contributed by atoms with E-state index in [1.165, 1.54) is 10.5 Å². The van der Waals surface area contributed by atoms with E-state index in [0.29, 0.717) is 0 Å². The van der Waals surface area contributed by atoms with Crippen molar-refractivity contribution in [2.75, 3.05) is 26.2 Å². The van der Waals surface area contributed by atoms with E-state index in [2.05, 4.69) is 46.3 Å². The van der Waals surface area contributed by atoms with Gasteiger partial charge in [0.15, 0.2) is 0 Å². The number of pyridine rings is 1. The summed E-state index contributed by atoms with van der Waals surface area (Å²) in [4.78, 5) is 22.0. The lowest BCUT2D eigenvalue weighted by molar-refractivity contribution is -0.917. The van der Waals surface area contributed by atoms with Crippen LogP contribution in [0.5, 0.6) is 0 Å². The number of carbonyl (C=O) groups excluding carboxylic acids is 1. The van der Waals surface area contributed by atoms with Crippen LogP contribution >= 0.6 is 15.9 Å². The molecule has 0 bridgehead atoms. The number of hydrogen-bond acceptors (Lipinski definition) is 2. The molecule has 5 rings (SSSR count). The Kier molecular flexibility index (Phi) is 6.02. The zero-order chi connectivity index (χ0) is 21.9. The standard InChI is InChI=1S/C27H24BrN3O/c28-22-12-10-21(11-13-22)26-18-24(23-8-4-5-9-25(23)29-26)27(32)31-16-14-30(15-17-31)19-20-6-2-1-3-7-20/h1-13,18H,14-17,19H2/p+1. The monoisotopic (exact) mass is 486 g/mol. The number of nitrogens with one attached hydrogen (secondary N) is 1. The predicted octanol–water partition coefficient (Wildman–Crippen LogP) is 4.21. The van der Waals surface area contributed by atoms with E-state index in [0.717, 1.165) is 64.9 Å². The van der Waals surface area contributed by atoms with Crippen molar-refractivity contribution in [3.63, 3.8) is 0 Å². The molecule has 1 N–H and O–H groups in total. The molecular weight excluding hydrogens is 462 g/mol. The van der Waals surface area contributed by atoms with E-state index < -0.39 is 0 Å². The van der Waals surface area contributed by atoms with E-state index >= 15 is 0 Å². The minimum absolute atomic E-state index is 0.0979. The Morgan fingerprint density at radius 3 is 2.34 bits per heavy atom. The van der Waals surface area contributed by atoms with E-state index in [1.54, 1.807) is 0 Å². The fourth-order valence-corrected chi connectivity index (χ4v) is 4.64. The Hall–Kier alpha value is -3.02. The number of carbonyl (C=O) groups is 1. The third kappa shape index (κ3) is 4.45. The van der Waals surface area contributed by atoms with Crippen molar-refractivity contribution in [1.82, 2.24) is 9.88 Å². The number of para-hydroxylation sites is 1. The van der Waals surface area contributed by atoms with Crippen molar-refractivity contribution in [2.24, 2.45) is 0 Å². The summed E-state index contributed by atoms with van der Waals surface area (Å²) in [6, 6.07) is 28.5. The second kappa shape index (κ2) is 9.23. The minimum Gasteiger partial charge on any atom is -0.328 e. The Bertz CT molecular complexity index is 1230. The van der Waals surface area contributed by atoms with Crippen LogP contribution in [-0.4, -0.2) is 42.0 Å². The van der Waals surface area contributed by atoms with Crippen LogP contribution in [0.15, 0.2) is 89.4 Å². The number of rotatable bonds is 4. The maximum Gasteiger partial charge on any atom is 0.255 e. The van der Waals surface area contributed by atoms with Crippen LogP contribution in [0.1, 0.15) is 15.9 Å². The van der Waals surface area contributed by atoms with Gasteiger partial charge in [-0.25, -0.2) is 4.98 Å². The van der Waals surface area contributed by atoms with Gasteiger partial charge in [0.2, 0.25) is 0 Å². The number of benzene rings is 3. The van der Waals surface area contributed by atoms with Gasteiger partial charge in [0, 0.05) is 21.0 Å². The zero-order valence-corrected chi connectivity index (χ0v) is 19.4. The second-order valence-corrected chi connectivity index (χ2v) is 9.20. The Labute approximate surface area is 196 Å². The van der Waals surface area contributed by atoms with Crippen molar-refractivity contribution in [1.29, 1.82) is 0 Å². The minimum atomic E-state index is 0.0979. The van der Waals surface area contributed by atoms with Gasteiger partial charge >= 0.3 is 0 Å². The Balaban J connectivity index is 1.39. The smallest absolute Gasteiger partial charge is 0.255 e. The molecule has 0 unspecified atom stereocenters. The summed E-state index contributed by atoms with van der Waals surface area (Å²) in [5, 5.41) is 0.914. The van der Waals surface area contributed by atoms with Crippen LogP contribution in [0, 0.1) is 0 Å². The quantitative estimate of drug-likeness (QED) is 0.469. The van der Waals surface area contributed by atoms with Gasteiger partial charge in [-0.2, -0.15) is 0 Å². The fourth-order valence-electron chi connectivity index (χ4n) is 4.38. The largest absolute Gasteiger partial charge is 0.328 e. The van der Waals surface area contributed by atoms with Gasteiger partial charge in [0.25, 0.3) is 5.91 Å². The van der Waals surface area contributed by atoms with Crippen LogP contribution in [0.2, 0.25) is 0 Å². The molecule has 0 radical (unpaired) electrons. The highest BCUT2D eigenvalue weighted by Crippen LogP contribution is 2.27. The predicted molar refractivity (Wildman–Crippen MR) is 132 cm³/mol. The molecule has 1 aromatic heterocycles. The van der Waals surface area contributed by atoms with Crippen molar-refractivity contribution in [3.8, 4) is 11.3 Å². The lowest BCUT2D eigenvalue weighted by atomic mass is 10.0. The highest BCUT2D eigenvalue weighted by Gasteiger charge is 2.26. The highest BCUT2D eigenvalue weighted by atomic mass is 79.9. The molecule has 1 aliphatic heterocycles. The molecule has 0 spiro atoms. The molecule has 4 aromatic rings. The molecular formula is C27H25BrN3O+. The van der Waals surface area contributed by atoms with Gasteiger partial charge in [-0.05, 0) is 24.3 Å². The molecule has 2 heterocycles. The first-order valence-corrected chi connectivity index (χ1v) is 11.8. The Morgan fingerprint density at radius 2 is 1.59 bits per heavy atom. The third-order valence-electron chi connectivity index (χ3n) is 6.14. The molecule has 1 saturated heterocycles. The normalized spacial score (nSPS) is 14.6. The highest BCUT2D eigenvalue weighted by molar-refractivity contribution is 9.10. The maximum absolute atomic E-state index is 13.6. The molecule has 32 heavy (non-hydrogen) atoms. The van der Waals surface area contributed by atoms with Crippen LogP contribution in [-0.2, 0) is 6.54 Å². The van der Waals surface area contributed by atoms with Crippen LogP contribution in [0.25, 0.3) is 22.2 Å². The van der Waals surface area contributed by atoms with Gasteiger partial charge in [-0.15, -0.1) is 0 Å². The first kappa shape index (κ1) is 20.9. The van der Waals surface area contributed by atoms with Gasteiger partial charge in [-0.1, -0.05) is 76.6 Å². The fraction of sp³-hybridized carbons (Fsp3) is 0.185. The summed E-state index contributed by atoms with van der Waals surface area (Å²) in [5.41, 5.74) is 4.77. The summed E-state index contributed by atoms with van der Waals surface area (Å²) >= 11 is 3.49. The molecule has 160 valence electrons. The number of hydrogen-bond donors (Lipinski definition) is 1. The number of quaternary nitrogens is 1. The third-order valence-corrected chi connectivity index (χ3v) is 6.67. The summed E-state index contributed by atoms with van der Waals surface area (Å²) in [6.07, 6.45) is 0. The number of nitrogens with zero attached hydrogens (tertiary/aromatic N) is 2. The summed E-state index contributed by atoms with van der Waals surface area (Å²) in [6.45, 7) is 4.47. The molecule has 3 aromatic carbocycles. The Morgan fingerprint density at radius 1 is 0.906 bits per heavy atom. The summed E-state index contributed by atoms with van der Waals surface area (Å²) in [5.74, 6) is 0.0979. The average Bonchev–Trinajstić information content (AvgIpc) is 2.84. The molecule has 0 atom stereocenters. The second-order valence-electron chi connectivity index (χ2n) is 8.28. The molecule has 1 aliphatic rings. The molecule has 4 nitrogen and oxygen atoms in total. The topological polar surface area (TPSA) is 37.6 Å². The van der Waals surface area contributed by atoms with Crippen molar-refractivity contribution in [2.45, 2.75) is 6.54 Å². The number of fused-ring (bicyclic) bond motifs is 1. The zero-order valence-electron chi connectivity index (χ0n) is 17.8. The first-order chi connectivity index (χ1) is 15.7. The van der Waals surface area contributed by atoms with E-state index in [9.17, 15) is 4.79 Å². The first-order valence-electron chi connectivity index (χ1n) is 11.0. The number of aromatic nitrogens is 1. The molecule has 0 saturated carbocycles. The van der Waals surface area contributed by atoms with E-state index in [-0.39, 0.29) is 5.91 Å². The molecule has 1 fully saturated rings. The SMILES string of the molecule is O=C(c1cc(-c2ccc(Br)cc2)nc2ccccc12)N1CC[NH+](Cc2ccccc2)CC1. The average molecular weight is 487 g/mol. The number of halogens is 1. The number of piperazine rings is 1. The maximum atomic E-state index is 13.6. The van der Waals surface area contributed by atoms with Gasteiger partial charge in [0.05, 0.1) is 43.0 Å². The van der Waals surface area contributed by atoms with Crippen LogP contribution in [0.4, 0.5) is 0 Å². The van der Waals surface area contributed by atoms with Gasteiger partial charge in [-0.3, -0.25) is 4.79 Å². The van der Waals surface area contributed by atoms with Crippen LogP contribution < -0.4 is 4.90 Å². The lowest BCUT2D eigenvalue weighted by Crippen LogP contribution is -3.13. The van der Waals surface area contributed by atoms with E-state index in [1.807, 2.05) is 59.5 Å². The number of amides is 1. The van der Waals surface area contributed by atoms with Crippen molar-refractivity contribution >= 4 is 32.7 Å². The van der Waals surface area contributed by atoms with Crippen LogP contribution in [0.3, 0.4) is 0 Å². The van der Waals surface area contributed by atoms with Crippen molar-refractivity contribution < 1.29 is 9.69 Å². The summed E-state index contributed by atoms with van der Waals surface area (Å²) in [7, 11) is 0. The molecule has 5 heteroatoms. The van der Waals surface area contributed by atoms with Crippen molar-refractivity contribution in [3.05, 3.63) is 101 Å².